The van der Waals surface area contributed by atoms with Gasteiger partial charge in [-0.1, -0.05) is 35.0 Å². The van der Waals surface area contributed by atoms with Crippen LogP contribution in [0.15, 0.2) is 58.1 Å². The normalized spacial score (nSPS) is 20.3. The predicted molar refractivity (Wildman–Crippen MR) is 92.7 cm³/mol. The molecular weight excluding hydrogens is 357 g/mol. The number of halogens is 2. The third-order valence-electron chi connectivity index (χ3n) is 4.07. The number of hydrogen-bond acceptors (Lipinski definition) is 3. The van der Waals surface area contributed by atoms with Crippen molar-refractivity contribution in [2.45, 2.75) is 19.4 Å². The Kier molecular flexibility index (Phi) is 4.44. The van der Waals surface area contributed by atoms with Crippen LogP contribution in [0.1, 0.15) is 18.9 Å². The van der Waals surface area contributed by atoms with Gasteiger partial charge in [-0.15, -0.1) is 0 Å². The van der Waals surface area contributed by atoms with Crippen molar-refractivity contribution >= 4 is 27.3 Å². The molecule has 5 heteroatoms. The smallest absolute Gasteiger partial charge is 0.123 e. The third-order valence-corrected chi connectivity index (χ3v) is 4.60. The van der Waals surface area contributed by atoms with E-state index in [1.807, 2.05) is 29.3 Å². The maximum atomic E-state index is 13.1. The quantitative estimate of drug-likeness (QED) is 0.781. The molecule has 2 aromatic rings. The molecule has 1 aliphatic heterocycles. The summed E-state index contributed by atoms with van der Waals surface area (Å²) in [4.78, 5) is 0. The highest BCUT2D eigenvalue weighted by Gasteiger charge is 2.35. The van der Waals surface area contributed by atoms with Crippen LogP contribution in [0, 0.1) is 23.1 Å². The van der Waals surface area contributed by atoms with E-state index in [1.54, 1.807) is 12.1 Å². The van der Waals surface area contributed by atoms with Gasteiger partial charge in [-0.05, 0) is 42.0 Å². The summed E-state index contributed by atoms with van der Waals surface area (Å²) >= 11 is 3.42. The minimum atomic E-state index is -0.265. The number of nitrogens with zero attached hydrogens (tertiary/aromatic N) is 3. The van der Waals surface area contributed by atoms with Crippen LogP contribution in [-0.2, 0) is 0 Å². The van der Waals surface area contributed by atoms with E-state index in [0.717, 1.165) is 21.4 Å². The third kappa shape index (κ3) is 3.13. The molecule has 3 nitrogen and oxygen atoms in total. The van der Waals surface area contributed by atoms with Crippen LogP contribution in [0.25, 0.3) is 0 Å². The lowest BCUT2D eigenvalue weighted by molar-refractivity contribution is 0.568. The van der Waals surface area contributed by atoms with Gasteiger partial charge < -0.3 is 0 Å². The lowest BCUT2D eigenvalue weighted by Crippen LogP contribution is -2.31. The highest BCUT2D eigenvalue weighted by molar-refractivity contribution is 9.10. The van der Waals surface area contributed by atoms with Crippen molar-refractivity contribution in [1.29, 1.82) is 5.26 Å². The Hall–Kier alpha value is -2.19. The van der Waals surface area contributed by atoms with Crippen LogP contribution in [-0.4, -0.2) is 11.8 Å². The van der Waals surface area contributed by atoms with Crippen molar-refractivity contribution in [3.8, 4) is 6.07 Å². The average Bonchev–Trinajstić information content (AvgIpc) is 2.87. The Labute approximate surface area is 143 Å². The van der Waals surface area contributed by atoms with Crippen molar-refractivity contribution < 1.29 is 4.39 Å². The van der Waals surface area contributed by atoms with Crippen LogP contribution >= 0.6 is 15.9 Å². The summed E-state index contributed by atoms with van der Waals surface area (Å²) in [6.45, 7) is 2.06. The van der Waals surface area contributed by atoms with E-state index >= 15 is 0 Å². The molecule has 0 unspecified atom stereocenters. The molecule has 0 amide bonds. The van der Waals surface area contributed by atoms with Gasteiger partial charge in [0.1, 0.15) is 5.82 Å². The van der Waals surface area contributed by atoms with E-state index in [0.29, 0.717) is 6.42 Å². The zero-order valence-corrected chi connectivity index (χ0v) is 14.2. The maximum absolute atomic E-state index is 13.1. The average molecular weight is 372 g/mol. The Morgan fingerprint density at radius 2 is 1.83 bits per heavy atom. The molecule has 0 saturated carbocycles. The fourth-order valence-electron chi connectivity index (χ4n) is 2.82. The topological polar surface area (TPSA) is 39.4 Å². The molecule has 0 N–H and O–H groups in total. The molecule has 2 aromatic carbocycles. The summed E-state index contributed by atoms with van der Waals surface area (Å²) in [5.41, 5.74) is 2.71. The summed E-state index contributed by atoms with van der Waals surface area (Å²) in [7, 11) is 0. The largest absolute Gasteiger partial charge is 0.260 e. The highest BCUT2D eigenvalue weighted by atomic mass is 79.9. The molecule has 0 fully saturated rings. The van der Waals surface area contributed by atoms with E-state index < -0.39 is 0 Å². The van der Waals surface area contributed by atoms with Gasteiger partial charge in [0, 0.05) is 10.4 Å². The summed E-state index contributed by atoms with van der Waals surface area (Å²) in [5, 5.41) is 15.8. The van der Waals surface area contributed by atoms with Gasteiger partial charge in [0.05, 0.1) is 29.9 Å². The first-order chi connectivity index (χ1) is 11.1. The van der Waals surface area contributed by atoms with E-state index in [1.165, 1.54) is 12.1 Å². The first kappa shape index (κ1) is 15.7. The number of hydrogen-bond donors (Lipinski definition) is 0. The second-order valence-corrected chi connectivity index (χ2v) is 6.45. The van der Waals surface area contributed by atoms with Crippen LogP contribution in [0.3, 0.4) is 0 Å². The fourth-order valence-corrected chi connectivity index (χ4v) is 3.08. The predicted octanol–water partition coefficient (Wildman–Crippen LogP) is 4.73. The molecule has 1 heterocycles. The Balaban J connectivity index is 2.00. The Morgan fingerprint density at radius 3 is 2.43 bits per heavy atom. The lowest BCUT2D eigenvalue weighted by atomic mass is 9.91. The molecule has 23 heavy (non-hydrogen) atoms. The summed E-state index contributed by atoms with van der Waals surface area (Å²) in [5.74, 6) is -0.179. The monoisotopic (exact) mass is 371 g/mol. The van der Waals surface area contributed by atoms with Crippen LogP contribution in [0.4, 0.5) is 10.1 Å². The molecule has 0 bridgehead atoms. The van der Waals surface area contributed by atoms with Crippen LogP contribution < -0.4 is 5.01 Å². The molecule has 1 aliphatic rings. The second-order valence-electron chi connectivity index (χ2n) is 5.53. The fraction of sp³-hybridized carbons (Fsp3) is 0.222. The SMILES string of the molecule is C[C@@H]1C(c2ccc(F)cc2)=NN(c2ccc(Br)cc2)[C@H]1CC#N. The van der Waals surface area contributed by atoms with Crippen molar-refractivity contribution in [1.82, 2.24) is 0 Å². The van der Waals surface area contributed by atoms with Gasteiger partial charge in [0.2, 0.25) is 0 Å². The number of hydrazone groups is 1. The van der Waals surface area contributed by atoms with E-state index in [-0.39, 0.29) is 17.8 Å². The minimum absolute atomic E-state index is 0.0266. The number of rotatable bonds is 3. The van der Waals surface area contributed by atoms with Crippen molar-refractivity contribution in [2.24, 2.45) is 11.0 Å². The standard InChI is InChI=1S/C18H15BrFN3/c1-12-17(10-11-21)23(16-8-4-14(19)5-9-16)22-18(12)13-2-6-15(20)7-3-13/h2-9,12,17H,10H2,1H3/t12-,17-/m0/s1. The first-order valence-electron chi connectivity index (χ1n) is 7.36. The zero-order chi connectivity index (χ0) is 16.4. The summed E-state index contributed by atoms with van der Waals surface area (Å²) in [6, 6.07) is 16.4. The first-order valence-corrected chi connectivity index (χ1v) is 8.15. The van der Waals surface area contributed by atoms with Crippen LogP contribution in [0.2, 0.25) is 0 Å². The summed E-state index contributed by atoms with van der Waals surface area (Å²) in [6.07, 6.45) is 0.380. The molecule has 0 radical (unpaired) electrons. The van der Waals surface area contributed by atoms with E-state index in [4.69, 9.17) is 10.4 Å². The maximum Gasteiger partial charge on any atom is 0.123 e. The highest BCUT2D eigenvalue weighted by Crippen LogP contribution is 2.33. The van der Waals surface area contributed by atoms with Crippen molar-refractivity contribution in [3.63, 3.8) is 0 Å². The molecule has 3 rings (SSSR count). The summed E-state index contributed by atoms with van der Waals surface area (Å²) < 4.78 is 14.1. The molecule has 2 atom stereocenters. The molecule has 0 saturated heterocycles. The zero-order valence-electron chi connectivity index (χ0n) is 12.6. The number of anilines is 1. The van der Waals surface area contributed by atoms with Gasteiger partial charge in [0.15, 0.2) is 0 Å². The van der Waals surface area contributed by atoms with Crippen LogP contribution in [0.5, 0.6) is 0 Å². The van der Waals surface area contributed by atoms with E-state index in [2.05, 4.69) is 28.9 Å². The molecule has 116 valence electrons. The van der Waals surface area contributed by atoms with Gasteiger partial charge >= 0.3 is 0 Å². The Bertz CT molecular complexity index is 762. The van der Waals surface area contributed by atoms with Gasteiger partial charge in [-0.25, -0.2) is 4.39 Å². The van der Waals surface area contributed by atoms with Crippen molar-refractivity contribution in [3.05, 3.63) is 64.4 Å². The number of benzene rings is 2. The molecular formula is C18H15BrFN3. The lowest BCUT2D eigenvalue weighted by Gasteiger charge is -2.24. The van der Waals surface area contributed by atoms with Gasteiger partial charge in [0.25, 0.3) is 0 Å². The molecule has 0 aliphatic carbocycles. The van der Waals surface area contributed by atoms with Crippen molar-refractivity contribution in [2.75, 3.05) is 5.01 Å². The number of nitriles is 1. The molecule has 0 spiro atoms. The Morgan fingerprint density at radius 1 is 1.17 bits per heavy atom. The minimum Gasteiger partial charge on any atom is -0.260 e. The molecule has 0 aromatic heterocycles. The second kappa shape index (κ2) is 6.51. The van der Waals surface area contributed by atoms with Gasteiger partial charge in [-0.3, -0.25) is 5.01 Å². The van der Waals surface area contributed by atoms with Gasteiger partial charge in [-0.2, -0.15) is 10.4 Å². The van der Waals surface area contributed by atoms with E-state index in [9.17, 15) is 4.39 Å².